The van der Waals surface area contributed by atoms with Crippen molar-refractivity contribution in [3.05, 3.63) is 36.7 Å². The fourth-order valence-corrected chi connectivity index (χ4v) is 1.52. The van der Waals surface area contributed by atoms with Crippen LogP contribution in [0.1, 0.15) is 23.8 Å². The van der Waals surface area contributed by atoms with Gasteiger partial charge in [0.25, 0.3) is 0 Å². The van der Waals surface area contributed by atoms with Crippen molar-refractivity contribution in [2.24, 2.45) is 0 Å². The van der Waals surface area contributed by atoms with Crippen LogP contribution in [-0.4, -0.2) is 35.6 Å². The number of rotatable bonds is 7. The molecule has 0 radical (unpaired) electrons. The molecule has 1 heterocycles. The van der Waals surface area contributed by atoms with Gasteiger partial charge in [-0.25, -0.2) is 0 Å². The quantitative estimate of drug-likeness (QED) is 0.576. The van der Waals surface area contributed by atoms with Crippen LogP contribution in [0.4, 0.5) is 5.69 Å². The van der Waals surface area contributed by atoms with Gasteiger partial charge in [0.05, 0.1) is 18.5 Å². The zero-order chi connectivity index (χ0) is 12.7. The molecule has 4 nitrogen and oxygen atoms in total. The Morgan fingerprint density at radius 2 is 2.35 bits per heavy atom. The molecule has 0 fully saturated rings. The molecule has 17 heavy (non-hydrogen) atoms. The van der Waals surface area contributed by atoms with Crippen molar-refractivity contribution >= 4 is 11.5 Å². The van der Waals surface area contributed by atoms with Crippen LogP contribution in [0.25, 0.3) is 0 Å². The van der Waals surface area contributed by atoms with E-state index in [4.69, 9.17) is 5.11 Å². The van der Waals surface area contributed by atoms with Gasteiger partial charge in [0.15, 0.2) is 5.78 Å². The molecule has 92 valence electrons. The fourth-order valence-electron chi connectivity index (χ4n) is 1.52. The summed E-state index contributed by atoms with van der Waals surface area (Å²) in [6.07, 6.45) is 3.88. The summed E-state index contributed by atoms with van der Waals surface area (Å²) in [7, 11) is 0. The summed E-state index contributed by atoms with van der Waals surface area (Å²) in [5.74, 6) is 0.0361. The average Bonchev–Trinajstić information content (AvgIpc) is 2.38. The highest BCUT2D eigenvalue weighted by Gasteiger charge is 2.07. The van der Waals surface area contributed by atoms with E-state index < -0.39 is 0 Å². The van der Waals surface area contributed by atoms with E-state index in [9.17, 15) is 4.79 Å². The van der Waals surface area contributed by atoms with E-state index in [0.29, 0.717) is 25.2 Å². The molecule has 1 N–H and O–H groups in total. The monoisotopic (exact) mass is 234 g/mol. The molecule has 0 aliphatic heterocycles. The second-order valence-corrected chi connectivity index (χ2v) is 3.64. The van der Waals surface area contributed by atoms with Crippen LogP contribution in [0.15, 0.2) is 31.0 Å². The van der Waals surface area contributed by atoms with Gasteiger partial charge in [-0.1, -0.05) is 13.0 Å². The number of hydrogen-bond acceptors (Lipinski definition) is 4. The van der Waals surface area contributed by atoms with Crippen molar-refractivity contribution in [1.82, 2.24) is 4.98 Å². The predicted molar refractivity (Wildman–Crippen MR) is 68.4 cm³/mol. The summed E-state index contributed by atoms with van der Waals surface area (Å²) in [4.78, 5) is 17.5. The maximum Gasteiger partial charge on any atom is 0.180 e. The Labute approximate surface area is 102 Å². The summed E-state index contributed by atoms with van der Waals surface area (Å²) in [6, 6.07) is 3.56. The molecule has 1 rings (SSSR count). The number of aromatic nitrogens is 1. The van der Waals surface area contributed by atoms with E-state index in [1.54, 1.807) is 18.3 Å². The van der Waals surface area contributed by atoms with Gasteiger partial charge in [-0.3, -0.25) is 9.78 Å². The van der Waals surface area contributed by atoms with Crippen LogP contribution >= 0.6 is 0 Å². The van der Waals surface area contributed by atoms with E-state index >= 15 is 0 Å². The third-order valence-electron chi connectivity index (χ3n) is 2.44. The van der Waals surface area contributed by atoms with Crippen LogP contribution in [0.2, 0.25) is 0 Å². The summed E-state index contributed by atoms with van der Waals surface area (Å²) in [5, 5.41) is 8.96. The van der Waals surface area contributed by atoms with Crippen LogP contribution in [-0.2, 0) is 0 Å². The van der Waals surface area contributed by atoms with E-state index in [2.05, 4.69) is 11.6 Å². The highest BCUT2D eigenvalue weighted by atomic mass is 16.3. The third kappa shape index (κ3) is 3.67. The van der Waals surface area contributed by atoms with Crippen molar-refractivity contribution in [1.29, 1.82) is 0 Å². The van der Waals surface area contributed by atoms with Gasteiger partial charge in [-0.15, -0.1) is 6.58 Å². The molecule has 0 saturated heterocycles. The zero-order valence-electron chi connectivity index (χ0n) is 10.1. The molecule has 4 heteroatoms. The topological polar surface area (TPSA) is 53.4 Å². The van der Waals surface area contributed by atoms with Gasteiger partial charge in [0, 0.05) is 19.5 Å². The van der Waals surface area contributed by atoms with Crippen LogP contribution in [0.5, 0.6) is 0 Å². The van der Waals surface area contributed by atoms with Crippen molar-refractivity contribution in [2.45, 2.75) is 13.3 Å². The lowest BCUT2D eigenvalue weighted by atomic mass is 10.2. The Morgan fingerprint density at radius 3 is 2.82 bits per heavy atom. The lowest BCUT2D eigenvalue weighted by Crippen LogP contribution is -2.26. The Morgan fingerprint density at radius 1 is 1.59 bits per heavy atom. The minimum absolute atomic E-state index is 0.0361. The first kappa shape index (κ1) is 13.4. The summed E-state index contributed by atoms with van der Waals surface area (Å²) >= 11 is 0. The first-order chi connectivity index (χ1) is 8.22. The fraction of sp³-hybridized carbons (Fsp3) is 0.385. The minimum atomic E-state index is 0.0361. The molecule has 0 aromatic carbocycles. The standard InChI is InChI=1S/C13H18N2O2/c1-3-7-15(8-9-16)11-5-6-12(14-10-11)13(17)4-2/h3,5-6,10,16H,1,4,7-9H2,2H3. The van der Waals surface area contributed by atoms with Crippen LogP contribution in [0, 0.1) is 0 Å². The number of carbonyl (C=O) groups excluding carboxylic acids is 1. The van der Waals surface area contributed by atoms with Crippen molar-refractivity contribution in [3.63, 3.8) is 0 Å². The highest BCUT2D eigenvalue weighted by Crippen LogP contribution is 2.13. The van der Waals surface area contributed by atoms with Crippen LogP contribution < -0.4 is 4.90 Å². The molecule has 0 aliphatic carbocycles. The lowest BCUT2D eigenvalue weighted by Gasteiger charge is -2.21. The SMILES string of the molecule is C=CCN(CCO)c1ccc(C(=O)CC)nc1. The van der Waals surface area contributed by atoms with E-state index in [0.717, 1.165) is 5.69 Å². The largest absolute Gasteiger partial charge is 0.395 e. The van der Waals surface area contributed by atoms with Crippen molar-refractivity contribution in [2.75, 3.05) is 24.6 Å². The number of ketones is 1. The molecular formula is C13H18N2O2. The molecular weight excluding hydrogens is 216 g/mol. The Hall–Kier alpha value is -1.68. The smallest absolute Gasteiger partial charge is 0.180 e. The Bertz CT molecular complexity index is 374. The van der Waals surface area contributed by atoms with E-state index in [1.165, 1.54) is 0 Å². The number of nitrogens with zero attached hydrogens (tertiary/aromatic N) is 2. The molecule has 0 bridgehead atoms. The molecule has 0 saturated carbocycles. The van der Waals surface area contributed by atoms with Crippen molar-refractivity contribution in [3.8, 4) is 0 Å². The van der Waals surface area contributed by atoms with E-state index in [-0.39, 0.29) is 12.4 Å². The van der Waals surface area contributed by atoms with Gasteiger partial charge in [0.1, 0.15) is 5.69 Å². The van der Waals surface area contributed by atoms with Gasteiger partial charge in [-0.2, -0.15) is 0 Å². The minimum Gasteiger partial charge on any atom is -0.395 e. The van der Waals surface area contributed by atoms with Crippen LogP contribution in [0.3, 0.4) is 0 Å². The number of hydrogen-bond donors (Lipinski definition) is 1. The summed E-state index contributed by atoms with van der Waals surface area (Å²) in [6.45, 7) is 6.72. The molecule has 0 aliphatic rings. The van der Waals surface area contributed by atoms with Gasteiger partial charge in [-0.05, 0) is 12.1 Å². The second-order valence-electron chi connectivity index (χ2n) is 3.64. The maximum atomic E-state index is 11.4. The normalized spacial score (nSPS) is 10.0. The lowest BCUT2D eigenvalue weighted by molar-refractivity contribution is 0.0983. The van der Waals surface area contributed by atoms with Gasteiger partial charge < -0.3 is 10.0 Å². The van der Waals surface area contributed by atoms with E-state index in [1.807, 2.05) is 17.9 Å². The second kappa shape index (κ2) is 6.81. The molecule has 0 amide bonds. The highest BCUT2D eigenvalue weighted by molar-refractivity contribution is 5.94. The molecule has 0 spiro atoms. The number of aliphatic hydroxyl groups is 1. The maximum absolute atomic E-state index is 11.4. The van der Waals surface area contributed by atoms with Gasteiger partial charge in [0.2, 0.25) is 0 Å². The number of anilines is 1. The third-order valence-corrected chi connectivity index (χ3v) is 2.44. The molecule has 0 atom stereocenters. The number of aliphatic hydroxyl groups excluding tert-OH is 1. The number of Topliss-reactive ketones (excluding diaryl/α,β-unsaturated/α-hetero) is 1. The first-order valence-corrected chi connectivity index (χ1v) is 5.68. The van der Waals surface area contributed by atoms with Crippen molar-refractivity contribution < 1.29 is 9.90 Å². The Balaban J connectivity index is 2.83. The number of carbonyl (C=O) groups is 1. The summed E-state index contributed by atoms with van der Waals surface area (Å²) in [5.41, 5.74) is 1.37. The average molecular weight is 234 g/mol. The Kier molecular flexibility index (Phi) is 5.36. The first-order valence-electron chi connectivity index (χ1n) is 5.68. The summed E-state index contributed by atoms with van der Waals surface area (Å²) < 4.78 is 0. The van der Waals surface area contributed by atoms with Gasteiger partial charge >= 0.3 is 0 Å². The molecule has 0 unspecified atom stereocenters. The molecule has 1 aromatic heterocycles. The predicted octanol–water partition coefficient (Wildman–Crippen LogP) is 1.66. The molecule has 1 aromatic rings. The zero-order valence-corrected chi connectivity index (χ0v) is 10.1. The number of pyridine rings is 1.